The predicted octanol–water partition coefficient (Wildman–Crippen LogP) is 1.41. The van der Waals surface area contributed by atoms with Crippen LogP contribution in [-0.4, -0.2) is 28.6 Å². The van der Waals surface area contributed by atoms with Gasteiger partial charge < -0.3 is 10.1 Å². The SMILES string of the molecule is O=C(Cn1cnc(C2CC2)cc1=O)NCC1COc2ccccc21. The van der Waals surface area contributed by atoms with Gasteiger partial charge in [0, 0.05) is 30.0 Å². The number of nitrogens with one attached hydrogen (secondary N) is 1. The summed E-state index contributed by atoms with van der Waals surface area (Å²) in [5, 5.41) is 2.88. The van der Waals surface area contributed by atoms with E-state index in [0.29, 0.717) is 19.1 Å². The van der Waals surface area contributed by atoms with Gasteiger partial charge in [-0.1, -0.05) is 18.2 Å². The minimum atomic E-state index is -0.192. The molecule has 6 nitrogen and oxygen atoms in total. The molecule has 6 heteroatoms. The van der Waals surface area contributed by atoms with Crippen molar-refractivity contribution in [3.05, 3.63) is 58.3 Å². The van der Waals surface area contributed by atoms with Gasteiger partial charge in [-0.05, 0) is 18.9 Å². The second-order valence-corrected chi connectivity index (χ2v) is 6.40. The highest BCUT2D eigenvalue weighted by atomic mass is 16.5. The van der Waals surface area contributed by atoms with Gasteiger partial charge in [0.05, 0.1) is 18.6 Å². The van der Waals surface area contributed by atoms with E-state index in [1.807, 2.05) is 24.3 Å². The summed E-state index contributed by atoms with van der Waals surface area (Å²) in [6.07, 6.45) is 3.67. The van der Waals surface area contributed by atoms with Crippen LogP contribution in [0.15, 0.2) is 41.5 Å². The molecule has 1 aliphatic heterocycles. The van der Waals surface area contributed by atoms with Gasteiger partial charge >= 0.3 is 0 Å². The standard InChI is InChI=1S/C18H19N3O3/c22-17(9-21-11-20-15(7-18(21)23)12-5-6-12)19-8-13-10-24-16-4-2-1-3-14(13)16/h1-4,7,11-13H,5-6,8-10H2,(H,19,22). The maximum absolute atomic E-state index is 12.1. The fourth-order valence-electron chi connectivity index (χ4n) is 3.01. The minimum Gasteiger partial charge on any atom is -0.493 e. The molecule has 2 aliphatic rings. The summed E-state index contributed by atoms with van der Waals surface area (Å²) in [5.41, 5.74) is 1.79. The summed E-state index contributed by atoms with van der Waals surface area (Å²) in [7, 11) is 0. The predicted molar refractivity (Wildman–Crippen MR) is 88.2 cm³/mol. The van der Waals surface area contributed by atoms with Crippen molar-refractivity contribution in [3.63, 3.8) is 0 Å². The quantitative estimate of drug-likeness (QED) is 0.902. The molecule has 4 rings (SSSR count). The van der Waals surface area contributed by atoms with Gasteiger partial charge in [-0.3, -0.25) is 14.2 Å². The van der Waals surface area contributed by atoms with Crippen molar-refractivity contribution in [3.8, 4) is 5.75 Å². The van der Waals surface area contributed by atoms with E-state index in [4.69, 9.17) is 4.74 Å². The smallest absolute Gasteiger partial charge is 0.254 e. The van der Waals surface area contributed by atoms with Gasteiger partial charge in [0.15, 0.2) is 0 Å². The van der Waals surface area contributed by atoms with Crippen molar-refractivity contribution in [1.29, 1.82) is 0 Å². The van der Waals surface area contributed by atoms with Crippen LogP contribution in [0.4, 0.5) is 0 Å². The third-order valence-electron chi connectivity index (χ3n) is 4.55. The number of aromatic nitrogens is 2. The van der Waals surface area contributed by atoms with Crippen LogP contribution < -0.4 is 15.6 Å². The van der Waals surface area contributed by atoms with Gasteiger partial charge in [0.25, 0.3) is 5.56 Å². The van der Waals surface area contributed by atoms with Crippen LogP contribution in [-0.2, 0) is 11.3 Å². The molecule has 2 heterocycles. The van der Waals surface area contributed by atoms with E-state index in [1.54, 1.807) is 6.07 Å². The van der Waals surface area contributed by atoms with Gasteiger partial charge in [-0.25, -0.2) is 4.98 Å². The number of fused-ring (bicyclic) bond motifs is 1. The summed E-state index contributed by atoms with van der Waals surface area (Å²) in [5.74, 6) is 1.27. The first-order valence-electron chi connectivity index (χ1n) is 8.25. The van der Waals surface area contributed by atoms with Crippen LogP contribution in [0.25, 0.3) is 0 Å². The fraction of sp³-hybridized carbons (Fsp3) is 0.389. The number of para-hydroxylation sites is 1. The summed E-state index contributed by atoms with van der Waals surface area (Å²) in [6, 6.07) is 9.40. The molecule has 0 spiro atoms. The molecule has 1 aliphatic carbocycles. The Morgan fingerprint density at radius 2 is 2.17 bits per heavy atom. The molecular formula is C18H19N3O3. The summed E-state index contributed by atoms with van der Waals surface area (Å²) < 4.78 is 6.95. The van der Waals surface area contributed by atoms with Crippen molar-refractivity contribution in [1.82, 2.24) is 14.9 Å². The molecule has 1 unspecified atom stereocenters. The average Bonchev–Trinajstić information content (AvgIpc) is 3.35. The van der Waals surface area contributed by atoms with Crippen LogP contribution in [0.1, 0.15) is 35.9 Å². The number of carbonyl (C=O) groups excluding carboxylic acids is 1. The molecule has 24 heavy (non-hydrogen) atoms. The summed E-state index contributed by atoms with van der Waals surface area (Å²) >= 11 is 0. The molecule has 1 saturated carbocycles. The Labute approximate surface area is 139 Å². The van der Waals surface area contributed by atoms with Crippen LogP contribution in [0.3, 0.4) is 0 Å². The second kappa shape index (κ2) is 6.11. The zero-order valence-corrected chi connectivity index (χ0v) is 13.3. The molecule has 0 radical (unpaired) electrons. The third-order valence-corrected chi connectivity index (χ3v) is 4.55. The van der Waals surface area contributed by atoms with Crippen molar-refractivity contribution < 1.29 is 9.53 Å². The Kier molecular flexibility index (Phi) is 3.80. The maximum Gasteiger partial charge on any atom is 0.254 e. The van der Waals surface area contributed by atoms with E-state index < -0.39 is 0 Å². The highest BCUT2D eigenvalue weighted by Crippen LogP contribution is 2.38. The van der Waals surface area contributed by atoms with Gasteiger partial charge in [-0.2, -0.15) is 0 Å². The van der Waals surface area contributed by atoms with Gasteiger partial charge in [0.2, 0.25) is 5.91 Å². The van der Waals surface area contributed by atoms with Crippen molar-refractivity contribution in [2.75, 3.05) is 13.2 Å². The van der Waals surface area contributed by atoms with Crippen molar-refractivity contribution in [2.24, 2.45) is 0 Å². The van der Waals surface area contributed by atoms with Gasteiger partial charge in [0.1, 0.15) is 12.3 Å². The highest BCUT2D eigenvalue weighted by molar-refractivity contribution is 5.75. The molecule has 0 bridgehead atoms. The lowest BCUT2D eigenvalue weighted by molar-refractivity contribution is -0.121. The van der Waals surface area contributed by atoms with E-state index >= 15 is 0 Å². The monoisotopic (exact) mass is 325 g/mol. The number of nitrogens with zero attached hydrogens (tertiary/aromatic N) is 2. The van der Waals surface area contributed by atoms with Crippen molar-refractivity contribution in [2.45, 2.75) is 31.2 Å². The number of amides is 1. The zero-order chi connectivity index (χ0) is 16.5. The van der Waals surface area contributed by atoms with E-state index in [0.717, 1.165) is 29.8 Å². The lowest BCUT2D eigenvalue weighted by Crippen LogP contribution is -2.35. The third kappa shape index (κ3) is 3.04. The first-order chi connectivity index (χ1) is 11.7. The maximum atomic E-state index is 12.1. The summed E-state index contributed by atoms with van der Waals surface area (Å²) in [4.78, 5) is 28.5. The lowest BCUT2D eigenvalue weighted by Gasteiger charge is -2.11. The fourth-order valence-corrected chi connectivity index (χ4v) is 3.01. The average molecular weight is 325 g/mol. The molecular weight excluding hydrogens is 306 g/mol. The summed E-state index contributed by atoms with van der Waals surface area (Å²) in [6.45, 7) is 1.06. The molecule has 1 aromatic carbocycles. The second-order valence-electron chi connectivity index (χ2n) is 6.40. The van der Waals surface area contributed by atoms with E-state index in [1.165, 1.54) is 10.9 Å². The van der Waals surface area contributed by atoms with E-state index in [9.17, 15) is 9.59 Å². The molecule has 1 N–H and O–H groups in total. The topological polar surface area (TPSA) is 73.2 Å². The van der Waals surface area contributed by atoms with Crippen molar-refractivity contribution >= 4 is 5.91 Å². The normalized spacial score (nSPS) is 18.8. The Balaban J connectivity index is 1.35. The molecule has 1 aromatic heterocycles. The molecule has 1 amide bonds. The molecule has 1 atom stereocenters. The number of rotatable bonds is 5. The first-order valence-corrected chi connectivity index (χ1v) is 8.25. The van der Waals surface area contributed by atoms with Crippen LogP contribution in [0.5, 0.6) is 5.75 Å². The largest absolute Gasteiger partial charge is 0.493 e. The van der Waals surface area contributed by atoms with E-state index in [2.05, 4.69) is 10.3 Å². The van der Waals surface area contributed by atoms with Crippen LogP contribution in [0, 0.1) is 0 Å². The van der Waals surface area contributed by atoms with E-state index in [-0.39, 0.29) is 23.9 Å². The number of ether oxygens (including phenoxy) is 1. The molecule has 2 aromatic rings. The zero-order valence-electron chi connectivity index (χ0n) is 13.3. The number of carbonyl (C=O) groups is 1. The molecule has 0 saturated heterocycles. The molecule has 1 fully saturated rings. The Bertz CT molecular complexity index is 826. The Morgan fingerprint density at radius 1 is 1.33 bits per heavy atom. The molecule has 124 valence electrons. The van der Waals surface area contributed by atoms with Crippen LogP contribution >= 0.6 is 0 Å². The lowest BCUT2D eigenvalue weighted by atomic mass is 10.0. The van der Waals surface area contributed by atoms with Crippen LogP contribution in [0.2, 0.25) is 0 Å². The Hall–Kier alpha value is -2.63. The number of hydrogen-bond donors (Lipinski definition) is 1. The number of benzene rings is 1. The van der Waals surface area contributed by atoms with Gasteiger partial charge in [-0.15, -0.1) is 0 Å². The number of hydrogen-bond acceptors (Lipinski definition) is 4. The highest BCUT2D eigenvalue weighted by Gasteiger charge is 2.26. The minimum absolute atomic E-state index is 0.00793. The Morgan fingerprint density at radius 3 is 2.96 bits per heavy atom. The first kappa shape index (κ1) is 14.9.